The highest BCUT2D eigenvalue weighted by Gasteiger charge is 2.22. The normalized spacial score (nSPS) is 13.6. The molecule has 0 aliphatic carbocycles. The zero-order valence-corrected chi connectivity index (χ0v) is 15.4. The molecule has 7 heteroatoms. The summed E-state index contributed by atoms with van der Waals surface area (Å²) in [6, 6.07) is 12.1. The van der Waals surface area contributed by atoms with Crippen LogP contribution in [0.1, 0.15) is 24.7 Å². The second kappa shape index (κ2) is 7.26. The molecule has 140 valence electrons. The van der Waals surface area contributed by atoms with Crippen molar-refractivity contribution in [2.75, 3.05) is 6.54 Å². The lowest BCUT2D eigenvalue weighted by molar-refractivity contribution is -0.133. The van der Waals surface area contributed by atoms with Crippen molar-refractivity contribution >= 4 is 22.7 Å². The Kier molecular flexibility index (Phi) is 4.66. The van der Waals surface area contributed by atoms with Gasteiger partial charge in [-0.25, -0.2) is 0 Å². The van der Waals surface area contributed by atoms with Gasteiger partial charge in [0.15, 0.2) is 0 Å². The summed E-state index contributed by atoms with van der Waals surface area (Å²) < 4.78 is 3.93. The second-order valence-electron chi connectivity index (χ2n) is 6.80. The van der Waals surface area contributed by atoms with Gasteiger partial charge in [-0.1, -0.05) is 25.1 Å². The Morgan fingerprint density at radius 2 is 2.04 bits per heavy atom. The van der Waals surface area contributed by atoms with Crippen LogP contribution >= 0.6 is 0 Å². The Morgan fingerprint density at radius 3 is 2.89 bits per heavy atom. The molecular weight excluding hydrogens is 342 g/mol. The molecule has 0 fully saturated rings. The smallest absolute Gasteiger partial charge is 0.242 e. The van der Waals surface area contributed by atoms with Crippen LogP contribution in [0.5, 0.6) is 0 Å². The molecular formula is C20H23N5O2. The number of para-hydroxylation sites is 1. The van der Waals surface area contributed by atoms with Crippen LogP contribution in [-0.2, 0) is 35.8 Å². The van der Waals surface area contributed by atoms with E-state index in [4.69, 9.17) is 0 Å². The molecule has 0 unspecified atom stereocenters. The van der Waals surface area contributed by atoms with Gasteiger partial charge >= 0.3 is 0 Å². The highest BCUT2D eigenvalue weighted by atomic mass is 16.2. The molecule has 0 saturated carbocycles. The lowest BCUT2D eigenvalue weighted by Gasteiger charge is -2.28. The van der Waals surface area contributed by atoms with Crippen molar-refractivity contribution in [3.8, 4) is 0 Å². The number of nitrogens with zero attached hydrogens (tertiary/aromatic N) is 4. The average Bonchev–Trinajstić information content (AvgIpc) is 3.29. The number of carbonyl (C=O) groups excluding carboxylic acids is 2. The molecule has 1 aliphatic rings. The van der Waals surface area contributed by atoms with E-state index >= 15 is 0 Å². The number of nitrogens with one attached hydrogen (secondary N) is 1. The number of carbonyl (C=O) groups is 2. The number of fused-ring (bicyclic) bond motifs is 2. The fourth-order valence-corrected chi connectivity index (χ4v) is 3.46. The Bertz CT molecular complexity index is 987. The molecule has 1 N–H and O–H groups in total. The van der Waals surface area contributed by atoms with Crippen molar-refractivity contribution < 1.29 is 9.59 Å². The van der Waals surface area contributed by atoms with Crippen LogP contribution in [0.3, 0.4) is 0 Å². The van der Waals surface area contributed by atoms with E-state index in [-0.39, 0.29) is 11.8 Å². The van der Waals surface area contributed by atoms with Crippen molar-refractivity contribution in [3.63, 3.8) is 0 Å². The highest BCUT2D eigenvalue weighted by Crippen LogP contribution is 2.17. The van der Waals surface area contributed by atoms with E-state index in [1.807, 2.05) is 57.6 Å². The van der Waals surface area contributed by atoms with Gasteiger partial charge in [0.25, 0.3) is 0 Å². The number of aromatic nitrogens is 3. The lowest BCUT2D eigenvalue weighted by Crippen LogP contribution is -2.40. The quantitative estimate of drug-likeness (QED) is 0.751. The molecule has 0 spiro atoms. The molecule has 0 saturated heterocycles. The van der Waals surface area contributed by atoms with Crippen LogP contribution < -0.4 is 5.32 Å². The summed E-state index contributed by atoms with van der Waals surface area (Å²) in [5.41, 5.74) is 2.91. The maximum Gasteiger partial charge on any atom is 0.242 e. The topological polar surface area (TPSA) is 72.2 Å². The molecule has 1 aliphatic heterocycles. The van der Waals surface area contributed by atoms with E-state index in [1.165, 1.54) is 0 Å². The second-order valence-corrected chi connectivity index (χ2v) is 6.80. The van der Waals surface area contributed by atoms with E-state index in [0.29, 0.717) is 39.1 Å². The minimum atomic E-state index is 0.0109. The number of amides is 2. The molecule has 3 aromatic rings. The third-order valence-corrected chi connectivity index (χ3v) is 4.97. The molecule has 2 aromatic heterocycles. The van der Waals surface area contributed by atoms with Gasteiger partial charge in [-0.05, 0) is 23.6 Å². The molecule has 2 amide bonds. The van der Waals surface area contributed by atoms with E-state index in [0.717, 1.165) is 22.3 Å². The van der Waals surface area contributed by atoms with Crippen molar-refractivity contribution in [3.05, 3.63) is 54.0 Å². The summed E-state index contributed by atoms with van der Waals surface area (Å²) in [4.78, 5) is 26.1. The van der Waals surface area contributed by atoms with Gasteiger partial charge in [-0.3, -0.25) is 14.3 Å². The molecule has 3 heterocycles. The monoisotopic (exact) mass is 365 g/mol. The van der Waals surface area contributed by atoms with Crippen LogP contribution in [0, 0.1) is 0 Å². The Hall–Kier alpha value is -3.09. The van der Waals surface area contributed by atoms with E-state index in [1.54, 1.807) is 0 Å². The Balaban J connectivity index is 1.42. The van der Waals surface area contributed by atoms with Crippen LogP contribution in [0.2, 0.25) is 0 Å². The van der Waals surface area contributed by atoms with Crippen molar-refractivity contribution in [1.29, 1.82) is 0 Å². The van der Waals surface area contributed by atoms with Gasteiger partial charge in [-0.15, -0.1) is 0 Å². The minimum absolute atomic E-state index is 0.0109. The van der Waals surface area contributed by atoms with Gasteiger partial charge in [0.2, 0.25) is 11.8 Å². The highest BCUT2D eigenvalue weighted by molar-refractivity contribution is 5.83. The van der Waals surface area contributed by atoms with Gasteiger partial charge in [0.1, 0.15) is 6.54 Å². The van der Waals surface area contributed by atoms with Gasteiger partial charge < -0.3 is 14.8 Å². The van der Waals surface area contributed by atoms with Gasteiger partial charge in [0, 0.05) is 24.7 Å². The number of rotatable bonds is 5. The molecule has 0 bridgehead atoms. The van der Waals surface area contributed by atoms with Crippen LogP contribution in [-0.4, -0.2) is 37.6 Å². The van der Waals surface area contributed by atoms with Crippen LogP contribution in [0.25, 0.3) is 10.9 Å². The SMILES string of the molecule is CCC(=O)NCc1cc2n(n1)CCN(C(=O)Cn1ccc3ccccc31)C2. The number of hydrogen-bond acceptors (Lipinski definition) is 3. The fraction of sp³-hybridized carbons (Fsp3) is 0.350. The summed E-state index contributed by atoms with van der Waals surface area (Å²) in [6.45, 7) is 4.46. The van der Waals surface area contributed by atoms with E-state index < -0.39 is 0 Å². The predicted octanol–water partition coefficient (Wildman–Crippen LogP) is 1.91. The molecule has 1 aromatic carbocycles. The minimum Gasteiger partial charge on any atom is -0.350 e. The third-order valence-electron chi connectivity index (χ3n) is 4.97. The molecule has 0 radical (unpaired) electrons. The first-order chi connectivity index (χ1) is 13.1. The average molecular weight is 365 g/mol. The zero-order valence-electron chi connectivity index (χ0n) is 15.4. The summed E-state index contributed by atoms with van der Waals surface area (Å²) in [5, 5.41) is 8.51. The van der Waals surface area contributed by atoms with Crippen molar-refractivity contribution in [2.24, 2.45) is 0 Å². The maximum absolute atomic E-state index is 12.8. The summed E-state index contributed by atoms with van der Waals surface area (Å²) in [6.07, 6.45) is 2.43. The maximum atomic E-state index is 12.8. The first-order valence-electron chi connectivity index (χ1n) is 9.28. The van der Waals surface area contributed by atoms with Crippen LogP contribution in [0.15, 0.2) is 42.6 Å². The summed E-state index contributed by atoms with van der Waals surface area (Å²) in [7, 11) is 0. The third kappa shape index (κ3) is 3.58. The Morgan fingerprint density at radius 1 is 1.19 bits per heavy atom. The first kappa shape index (κ1) is 17.3. The fourth-order valence-electron chi connectivity index (χ4n) is 3.46. The molecule has 7 nitrogen and oxygen atoms in total. The molecule has 27 heavy (non-hydrogen) atoms. The lowest BCUT2D eigenvalue weighted by atomic mass is 10.2. The standard InChI is InChI=1S/C20H23N5O2/c1-2-19(26)21-12-16-11-17-13-24(9-10-25(17)22-16)20(27)14-23-8-7-15-5-3-4-6-18(15)23/h3-8,11H,2,9-10,12-14H2,1H3,(H,21,26). The van der Waals surface area contributed by atoms with Gasteiger partial charge in [0.05, 0.1) is 31.0 Å². The zero-order chi connectivity index (χ0) is 18.8. The first-order valence-corrected chi connectivity index (χ1v) is 9.28. The van der Waals surface area contributed by atoms with Gasteiger partial charge in [-0.2, -0.15) is 5.10 Å². The van der Waals surface area contributed by atoms with Crippen molar-refractivity contribution in [2.45, 2.75) is 39.5 Å². The van der Waals surface area contributed by atoms with E-state index in [2.05, 4.69) is 16.5 Å². The van der Waals surface area contributed by atoms with E-state index in [9.17, 15) is 9.59 Å². The molecule has 4 rings (SSSR count). The van der Waals surface area contributed by atoms with Crippen molar-refractivity contribution in [1.82, 2.24) is 24.6 Å². The number of benzene rings is 1. The largest absolute Gasteiger partial charge is 0.350 e. The number of hydrogen-bond donors (Lipinski definition) is 1. The molecule has 0 atom stereocenters. The Labute approximate surface area is 157 Å². The summed E-state index contributed by atoms with van der Waals surface area (Å²) >= 11 is 0. The van der Waals surface area contributed by atoms with Crippen LogP contribution in [0.4, 0.5) is 0 Å². The summed E-state index contributed by atoms with van der Waals surface area (Å²) in [5.74, 6) is 0.112. The predicted molar refractivity (Wildman–Crippen MR) is 102 cm³/mol.